The van der Waals surface area contributed by atoms with E-state index >= 15 is 0 Å². The third-order valence-electron chi connectivity index (χ3n) is 3.53. The number of rotatable bonds is 3. The summed E-state index contributed by atoms with van der Waals surface area (Å²) in [5, 5.41) is 0. The first kappa shape index (κ1) is 12.7. The molecule has 5 heteroatoms. The lowest BCUT2D eigenvalue weighted by atomic mass is 9.98. The molecular formula is C14H16FN3S. The number of aromatic nitrogens is 1. The Kier molecular flexibility index (Phi) is 3.59. The second-order valence-electron chi connectivity index (χ2n) is 4.84. The van der Waals surface area contributed by atoms with Crippen LogP contribution in [0.2, 0.25) is 0 Å². The van der Waals surface area contributed by atoms with Gasteiger partial charge in [0.25, 0.3) is 0 Å². The Balaban J connectivity index is 1.96. The molecule has 0 aromatic carbocycles. The molecular weight excluding hydrogens is 261 g/mol. The average Bonchev–Trinajstić information content (AvgIpc) is 2.83. The van der Waals surface area contributed by atoms with Gasteiger partial charge in [0.15, 0.2) is 0 Å². The summed E-state index contributed by atoms with van der Waals surface area (Å²) in [5.74, 6) is 5.32. The van der Waals surface area contributed by atoms with Gasteiger partial charge in [-0.3, -0.25) is 10.8 Å². The van der Waals surface area contributed by atoms with Crippen molar-refractivity contribution in [2.75, 3.05) is 0 Å². The Morgan fingerprint density at radius 3 is 2.84 bits per heavy atom. The lowest BCUT2D eigenvalue weighted by molar-refractivity contribution is 0.601. The molecule has 1 aliphatic rings. The van der Waals surface area contributed by atoms with Gasteiger partial charge in [0.05, 0.1) is 12.2 Å². The van der Waals surface area contributed by atoms with E-state index in [1.807, 2.05) is 0 Å². The van der Waals surface area contributed by atoms with E-state index in [-0.39, 0.29) is 11.9 Å². The highest BCUT2D eigenvalue weighted by Gasteiger charge is 2.20. The van der Waals surface area contributed by atoms with Crippen molar-refractivity contribution in [3.63, 3.8) is 0 Å². The fourth-order valence-electron chi connectivity index (χ4n) is 2.58. The number of nitrogens with two attached hydrogens (primary N) is 1. The van der Waals surface area contributed by atoms with E-state index in [1.54, 1.807) is 17.5 Å². The fourth-order valence-corrected chi connectivity index (χ4v) is 3.93. The number of nitrogens with zero attached hydrogens (tertiary/aromatic N) is 1. The number of hydrogen-bond acceptors (Lipinski definition) is 4. The summed E-state index contributed by atoms with van der Waals surface area (Å²) < 4.78 is 13.3. The number of aryl methyl sites for hydroxylation is 2. The first-order valence-corrected chi connectivity index (χ1v) is 7.27. The van der Waals surface area contributed by atoms with E-state index in [2.05, 4.69) is 16.5 Å². The van der Waals surface area contributed by atoms with Crippen LogP contribution in [0.15, 0.2) is 24.5 Å². The highest BCUT2D eigenvalue weighted by atomic mass is 32.1. The molecule has 3 N–H and O–H groups in total. The van der Waals surface area contributed by atoms with E-state index < -0.39 is 0 Å². The van der Waals surface area contributed by atoms with Crippen molar-refractivity contribution in [1.29, 1.82) is 0 Å². The van der Waals surface area contributed by atoms with Gasteiger partial charge in [-0.1, -0.05) is 0 Å². The molecule has 2 aromatic rings. The topological polar surface area (TPSA) is 50.9 Å². The molecule has 1 unspecified atom stereocenters. The molecule has 0 bridgehead atoms. The van der Waals surface area contributed by atoms with Crippen molar-refractivity contribution in [2.24, 2.45) is 5.84 Å². The molecule has 3 nitrogen and oxygen atoms in total. The Hall–Kier alpha value is -1.30. The van der Waals surface area contributed by atoms with Crippen LogP contribution >= 0.6 is 11.3 Å². The van der Waals surface area contributed by atoms with Crippen LogP contribution in [0.3, 0.4) is 0 Å². The normalized spacial score (nSPS) is 16.1. The highest BCUT2D eigenvalue weighted by Crippen LogP contribution is 2.34. The quantitative estimate of drug-likeness (QED) is 0.670. The summed E-state index contributed by atoms with van der Waals surface area (Å²) in [7, 11) is 0. The van der Waals surface area contributed by atoms with Crippen LogP contribution in [0.1, 0.15) is 39.8 Å². The van der Waals surface area contributed by atoms with Crippen LogP contribution in [0, 0.1) is 5.82 Å². The van der Waals surface area contributed by atoms with Crippen LogP contribution in [0.25, 0.3) is 0 Å². The van der Waals surface area contributed by atoms with Gasteiger partial charge < -0.3 is 0 Å². The first-order valence-electron chi connectivity index (χ1n) is 6.46. The molecule has 0 spiro atoms. The van der Waals surface area contributed by atoms with Crippen molar-refractivity contribution in [2.45, 2.75) is 31.7 Å². The maximum absolute atomic E-state index is 13.3. The Morgan fingerprint density at radius 2 is 2.11 bits per heavy atom. The molecule has 0 fully saturated rings. The third kappa shape index (κ3) is 2.54. The van der Waals surface area contributed by atoms with Crippen molar-refractivity contribution in [1.82, 2.24) is 10.4 Å². The predicted octanol–water partition coefficient (Wildman–Crippen LogP) is 2.71. The zero-order chi connectivity index (χ0) is 13.2. The van der Waals surface area contributed by atoms with Crippen LogP contribution in [-0.4, -0.2) is 4.98 Å². The Morgan fingerprint density at radius 1 is 1.26 bits per heavy atom. The molecule has 0 aliphatic heterocycles. The number of hydrogen-bond donors (Lipinski definition) is 2. The number of pyridine rings is 1. The van der Waals surface area contributed by atoms with Crippen LogP contribution in [0.4, 0.5) is 4.39 Å². The Labute approximate surface area is 115 Å². The van der Waals surface area contributed by atoms with E-state index in [4.69, 9.17) is 5.84 Å². The standard InChI is InChI=1S/C14H16FN3S/c15-11-5-10(7-17-8-11)14(18-16)13-6-9-3-1-2-4-12(9)19-13/h5-8,14,18H,1-4,16H2. The Bertz CT molecular complexity index is 558. The van der Waals surface area contributed by atoms with Gasteiger partial charge in [0.1, 0.15) is 5.82 Å². The van der Waals surface area contributed by atoms with Gasteiger partial charge in [-0.05, 0) is 48.9 Å². The number of halogens is 1. The zero-order valence-corrected chi connectivity index (χ0v) is 11.3. The molecule has 3 rings (SSSR count). The zero-order valence-electron chi connectivity index (χ0n) is 10.5. The van der Waals surface area contributed by atoms with Crippen molar-refractivity contribution >= 4 is 11.3 Å². The number of hydrazine groups is 1. The lowest BCUT2D eigenvalue weighted by Crippen LogP contribution is -2.28. The van der Waals surface area contributed by atoms with Crippen LogP contribution in [-0.2, 0) is 12.8 Å². The van der Waals surface area contributed by atoms with Gasteiger partial charge in [-0.2, -0.15) is 0 Å². The maximum atomic E-state index is 13.3. The van der Waals surface area contributed by atoms with E-state index in [1.165, 1.54) is 35.5 Å². The molecule has 100 valence electrons. The lowest BCUT2D eigenvalue weighted by Gasteiger charge is -2.14. The molecule has 0 amide bonds. The summed E-state index contributed by atoms with van der Waals surface area (Å²) in [6.45, 7) is 0. The summed E-state index contributed by atoms with van der Waals surface area (Å²) in [4.78, 5) is 6.48. The summed E-state index contributed by atoms with van der Waals surface area (Å²) in [6.07, 6.45) is 7.67. The third-order valence-corrected chi connectivity index (χ3v) is 4.83. The molecule has 2 aromatic heterocycles. The molecule has 0 saturated carbocycles. The molecule has 0 radical (unpaired) electrons. The molecule has 2 heterocycles. The van der Waals surface area contributed by atoms with Gasteiger partial charge in [-0.25, -0.2) is 9.82 Å². The van der Waals surface area contributed by atoms with Gasteiger partial charge in [0, 0.05) is 16.0 Å². The van der Waals surface area contributed by atoms with E-state index in [9.17, 15) is 4.39 Å². The number of thiophene rings is 1. The van der Waals surface area contributed by atoms with Crippen molar-refractivity contribution in [3.05, 3.63) is 51.2 Å². The monoisotopic (exact) mass is 277 g/mol. The molecule has 19 heavy (non-hydrogen) atoms. The number of nitrogens with one attached hydrogen (secondary N) is 1. The predicted molar refractivity (Wildman–Crippen MR) is 74.3 cm³/mol. The van der Waals surface area contributed by atoms with Gasteiger partial charge in [0.2, 0.25) is 0 Å². The molecule has 1 atom stereocenters. The second kappa shape index (κ2) is 5.36. The van der Waals surface area contributed by atoms with E-state index in [0.29, 0.717) is 0 Å². The average molecular weight is 277 g/mol. The summed E-state index contributed by atoms with van der Waals surface area (Å²) >= 11 is 1.78. The highest BCUT2D eigenvalue weighted by molar-refractivity contribution is 7.12. The first-order chi connectivity index (χ1) is 9.28. The van der Waals surface area contributed by atoms with Crippen molar-refractivity contribution in [3.8, 4) is 0 Å². The number of fused-ring (bicyclic) bond motifs is 1. The van der Waals surface area contributed by atoms with Crippen LogP contribution in [0.5, 0.6) is 0 Å². The maximum Gasteiger partial charge on any atom is 0.141 e. The van der Waals surface area contributed by atoms with Gasteiger partial charge in [-0.15, -0.1) is 11.3 Å². The fraction of sp³-hybridized carbons (Fsp3) is 0.357. The molecule has 1 aliphatic carbocycles. The minimum absolute atomic E-state index is 0.182. The largest absolute Gasteiger partial charge is 0.271 e. The van der Waals surface area contributed by atoms with Crippen LogP contribution < -0.4 is 11.3 Å². The molecule has 0 saturated heterocycles. The summed E-state index contributed by atoms with van der Waals surface area (Å²) in [6, 6.07) is 3.50. The minimum Gasteiger partial charge on any atom is -0.271 e. The minimum atomic E-state index is -0.334. The van der Waals surface area contributed by atoms with E-state index in [0.717, 1.165) is 23.3 Å². The van der Waals surface area contributed by atoms with Crippen molar-refractivity contribution < 1.29 is 4.39 Å². The van der Waals surface area contributed by atoms with Gasteiger partial charge >= 0.3 is 0 Å². The smallest absolute Gasteiger partial charge is 0.141 e. The second-order valence-corrected chi connectivity index (χ2v) is 6.01. The SMILES string of the molecule is NNC(c1cncc(F)c1)c1cc2c(s1)CCCC2. The summed E-state index contributed by atoms with van der Waals surface area (Å²) in [5.41, 5.74) is 4.97.